The van der Waals surface area contributed by atoms with E-state index in [2.05, 4.69) is 27.4 Å². The highest BCUT2D eigenvalue weighted by Crippen LogP contribution is 2.36. The number of benzene rings is 2. The molecule has 3 heterocycles. The van der Waals surface area contributed by atoms with E-state index in [0.717, 1.165) is 46.5 Å². The molecule has 0 bridgehead atoms. The van der Waals surface area contributed by atoms with Gasteiger partial charge in [-0.25, -0.2) is 0 Å². The van der Waals surface area contributed by atoms with Crippen molar-refractivity contribution in [3.63, 3.8) is 0 Å². The fourth-order valence-electron chi connectivity index (χ4n) is 4.86. The smallest absolute Gasteiger partial charge is 0.318 e. The highest BCUT2D eigenvalue weighted by atomic mass is 16.5. The summed E-state index contributed by atoms with van der Waals surface area (Å²) in [7, 11) is 0. The number of aromatic hydroxyl groups is 1. The van der Waals surface area contributed by atoms with E-state index < -0.39 is 0 Å². The second kappa shape index (κ2) is 9.79. The van der Waals surface area contributed by atoms with Gasteiger partial charge in [0, 0.05) is 55.4 Å². The summed E-state index contributed by atoms with van der Waals surface area (Å²) in [6, 6.07) is 11.8. The monoisotopic (exact) mass is 475 g/mol. The van der Waals surface area contributed by atoms with Gasteiger partial charge in [-0.1, -0.05) is 30.8 Å². The van der Waals surface area contributed by atoms with Crippen LogP contribution in [0.1, 0.15) is 11.3 Å². The number of rotatable bonds is 6. The molecule has 0 aliphatic carbocycles. The highest BCUT2D eigenvalue weighted by molar-refractivity contribution is 5.95. The molecule has 2 aliphatic rings. The number of hydrogen-bond donors (Lipinski definition) is 2. The van der Waals surface area contributed by atoms with Crippen LogP contribution >= 0.6 is 0 Å². The summed E-state index contributed by atoms with van der Waals surface area (Å²) in [5.74, 6) is 0.996. The number of fused-ring (bicyclic) bond motifs is 2. The number of aliphatic hydroxyl groups excluding tert-OH is 1. The lowest BCUT2D eigenvalue weighted by Crippen LogP contribution is -2.49. The zero-order chi connectivity index (χ0) is 24.4. The number of piperazine rings is 1. The van der Waals surface area contributed by atoms with Gasteiger partial charge in [0.05, 0.1) is 18.8 Å². The predicted molar refractivity (Wildman–Crippen MR) is 134 cm³/mol. The summed E-state index contributed by atoms with van der Waals surface area (Å²) in [6.45, 7) is 7.37. The number of nitrogens with zero attached hydrogens (tertiary/aromatic N) is 5. The van der Waals surface area contributed by atoms with Crippen LogP contribution in [0.4, 0.5) is 11.5 Å². The molecule has 2 N–H and O–H groups in total. The van der Waals surface area contributed by atoms with Crippen LogP contribution in [-0.4, -0.2) is 76.9 Å². The molecular weight excluding hydrogens is 446 g/mol. The minimum Gasteiger partial charge on any atom is -0.508 e. The summed E-state index contributed by atoms with van der Waals surface area (Å²) in [5.41, 5.74) is 2.90. The van der Waals surface area contributed by atoms with Crippen molar-refractivity contribution < 1.29 is 19.7 Å². The molecule has 3 aromatic rings. The van der Waals surface area contributed by atoms with Crippen molar-refractivity contribution in [1.82, 2.24) is 14.9 Å². The third kappa shape index (κ3) is 4.59. The Morgan fingerprint density at radius 1 is 1.09 bits per heavy atom. The quantitative estimate of drug-likeness (QED) is 0.523. The first-order valence-corrected chi connectivity index (χ1v) is 11.8. The first kappa shape index (κ1) is 22.9. The first-order valence-electron chi connectivity index (χ1n) is 11.8. The Morgan fingerprint density at radius 3 is 2.66 bits per heavy atom. The van der Waals surface area contributed by atoms with Crippen molar-refractivity contribution in [2.45, 2.75) is 13.0 Å². The third-order valence-electron chi connectivity index (χ3n) is 6.58. The molecule has 9 heteroatoms. The number of hydrogen-bond acceptors (Lipinski definition) is 8. The second-order valence-corrected chi connectivity index (χ2v) is 8.70. The number of ether oxygens (including phenoxy) is 1. The molecule has 1 saturated heterocycles. The SMILES string of the molecule is C=CC(=O)N1CCN(c2nc(OCCO)nc3c2CCN(c2cc(O)cc4ccccc24)C3)CC1. The molecule has 0 saturated carbocycles. The summed E-state index contributed by atoms with van der Waals surface area (Å²) in [6.07, 6.45) is 2.09. The number of carbonyl (C=O) groups excluding carboxylic acids is 1. The molecule has 0 radical (unpaired) electrons. The minimum atomic E-state index is -0.125. The van der Waals surface area contributed by atoms with Crippen LogP contribution in [0.25, 0.3) is 10.8 Å². The van der Waals surface area contributed by atoms with Crippen molar-refractivity contribution in [2.24, 2.45) is 0 Å². The zero-order valence-corrected chi connectivity index (χ0v) is 19.6. The van der Waals surface area contributed by atoms with Crippen molar-refractivity contribution in [3.8, 4) is 11.8 Å². The first-order chi connectivity index (χ1) is 17.1. The van der Waals surface area contributed by atoms with E-state index in [4.69, 9.17) is 9.72 Å². The van der Waals surface area contributed by atoms with Crippen LogP contribution < -0.4 is 14.5 Å². The van der Waals surface area contributed by atoms with E-state index >= 15 is 0 Å². The molecule has 0 unspecified atom stereocenters. The lowest BCUT2D eigenvalue weighted by Gasteiger charge is -2.38. The van der Waals surface area contributed by atoms with Crippen LogP contribution in [0, 0.1) is 0 Å². The number of anilines is 2. The Hall–Kier alpha value is -3.85. The molecule has 182 valence electrons. The fourth-order valence-corrected chi connectivity index (χ4v) is 4.86. The van der Waals surface area contributed by atoms with Gasteiger partial charge < -0.3 is 29.6 Å². The normalized spacial score (nSPS) is 15.7. The van der Waals surface area contributed by atoms with Gasteiger partial charge in [0.2, 0.25) is 5.91 Å². The van der Waals surface area contributed by atoms with Crippen LogP contribution in [0.3, 0.4) is 0 Å². The number of aliphatic hydroxyl groups is 1. The van der Waals surface area contributed by atoms with E-state index in [-0.39, 0.29) is 30.9 Å². The molecule has 1 aromatic heterocycles. The minimum absolute atomic E-state index is 0.0599. The van der Waals surface area contributed by atoms with Gasteiger partial charge in [-0.2, -0.15) is 9.97 Å². The zero-order valence-electron chi connectivity index (χ0n) is 19.6. The van der Waals surface area contributed by atoms with Crippen LogP contribution in [0.5, 0.6) is 11.8 Å². The topological polar surface area (TPSA) is 102 Å². The lowest BCUT2D eigenvalue weighted by molar-refractivity contribution is -0.126. The van der Waals surface area contributed by atoms with Crippen molar-refractivity contribution in [3.05, 3.63) is 60.3 Å². The van der Waals surface area contributed by atoms with Gasteiger partial charge >= 0.3 is 6.01 Å². The summed E-state index contributed by atoms with van der Waals surface area (Å²) >= 11 is 0. The summed E-state index contributed by atoms with van der Waals surface area (Å²) < 4.78 is 5.62. The Labute approximate surface area is 203 Å². The summed E-state index contributed by atoms with van der Waals surface area (Å²) in [5, 5.41) is 21.6. The molecule has 1 amide bonds. The van der Waals surface area contributed by atoms with Gasteiger partial charge in [-0.05, 0) is 23.9 Å². The average molecular weight is 476 g/mol. The van der Waals surface area contributed by atoms with Crippen LogP contribution in [0.2, 0.25) is 0 Å². The van der Waals surface area contributed by atoms with E-state index in [1.165, 1.54) is 6.08 Å². The van der Waals surface area contributed by atoms with Crippen LogP contribution in [0.15, 0.2) is 49.1 Å². The van der Waals surface area contributed by atoms with E-state index in [9.17, 15) is 15.0 Å². The van der Waals surface area contributed by atoms with E-state index in [1.807, 2.05) is 18.2 Å². The second-order valence-electron chi connectivity index (χ2n) is 8.70. The number of phenols is 1. The number of phenolic OH excluding ortho intramolecular Hbond substituents is 1. The van der Waals surface area contributed by atoms with Gasteiger partial charge in [-0.15, -0.1) is 0 Å². The van der Waals surface area contributed by atoms with Gasteiger partial charge in [-0.3, -0.25) is 4.79 Å². The van der Waals surface area contributed by atoms with Gasteiger partial charge in [0.15, 0.2) is 0 Å². The molecule has 2 aliphatic heterocycles. The summed E-state index contributed by atoms with van der Waals surface area (Å²) in [4.78, 5) is 27.6. The van der Waals surface area contributed by atoms with E-state index in [0.29, 0.717) is 32.7 Å². The van der Waals surface area contributed by atoms with Crippen molar-refractivity contribution in [1.29, 1.82) is 0 Å². The third-order valence-corrected chi connectivity index (χ3v) is 6.58. The van der Waals surface area contributed by atoms with Crippen LogP contribution in [-0.2, 0) is 17.8 Å². The standard InChI is InChI=1S/C26H29N5O4/c1-2-24(34)29-9-11-30(12-10-29)25-21-7-8-31(17-22(21)27-26(28-25)35-14-13-32)23-16-19(33)15-18-5-3-4-6-20(18)23/h2-6,15-16,32-33H,1,7-14,17H2. The molecule has 35 heavy (non-hydrogen) atoms. The maximum absolute atomic E-state index is 12.0. The molecule has 0 atom stereocenters. The molecule has 9 nitrogen and oxygen atoms in total. The van der Waals surface area contributed by atoms with Gasteiger partial charge in [0.25, 0.3) is 0 Å². The van der Waals surface area contributed by atoms with Crippen molar-refractivity contribution in [2.75, 3.05) is 55.7 Å². The number of amides is 1. The Bertz CT molecular complexity index is 1260. The molecule has 5 rings (SSSR count). The lowest BCUT2D eigenvalue weighted by atomic mass is 10.0. The number of carbonyl (C=O) groups is 1. The van der Waals surface area contributed by atoms with Crippen molar-refractivity contribution >= 4 is 28.2 Å². The molecule has 0 spiro atoms. The molecular formula is C26H29N5O4. The Morgan fingerprint density at radius 2 is 1.89 bits per heavy atom. The fraction of sp³-hybridized carbons (Fsp3) is 0.346. The predicted octanol–water partition coefficient (Wildman–Crippen LogP) is 2.10. The molecule has 2 aromatic carbocycles. The largest absolute Gasteiger partial charge is 0.508 e. The highest BCUT2D eigenvalue weighted by Gasteiger charge is 2.29. The average Bonchev–Trinajstić information content (AvgIpc) is 2.90. The number of aromatic nitrogens is 2. The molecule has 1 fully saturated rings. The maximum atomic E-state index is 12.0. The maximum Gasteiger partial charge on any atom is 0.318 e. The Kier molecular flexibility index (Phi) is 6.41. The Balaban J connectivity index is 1.47. The van der Waals surface area contributed by atoms with E-state index in [1.54, 1.807) is 17.0 Å². The van der Waals surface area contributed by atoms with Gasteiger partial charge in [0.1, 0.15) is 18.2 Å².